The Labute approximate surface area is 190 Å². The largest absolute Gasteiger partial charge is 0.457 e. The highest BCUT2D eigenvalue weighted by Gasteiger charge is 2.62. The Morgan fingerprint density at radius 1 is 1.24 bits per heavy atom. The Bertz CT molecular complexity index is 1160. The average Bonchev–Trinajstić information content (AvgIpc) is 2.83. The van der Waals surface area contributed by atoms with E-state index in [1.54, 1.807) is 6.07 Å². The number of rotatable bonds is 5. The maximum absolute atomic E-state index is 15.1. The molecule has 0 aliphatic carbocycles. The molecule has 0 saturated carbocycles. The number of ether oxygens (including phenoxy) is 1. The molecule has 0 radical (unpaired) electrons. The molecular formula is C20H19F5N2O4S2. The SMILES string of the molecule is CC(C)(C)S(=O)N[C@H]1c2c(ccc(Oc3cc(F)cc(C#N)c3)c2C(F)F)S(O)(O)C1(F)F. The van der Waals surface area contributed by atoms with Gasteiger partial charge in [-0.3, -0.25) is 9.11 Å². The molecule has 1 aliphatic rings. The molecule has 0 amide bonds. The van der Waals surface area contributed by atoms with Gasteiger partial charge in [-0.1, -0.05) is 0 Å². The van der Waals surface area contributed by atoms with Gasteiger partial charge in [0.15, 0.2) is 0 Å². The van der Waals surface area contributed by atoms with Crippen molar-refractivity contribution in [3.8, 4) is 17.6 Å². The van der Waals surface area contributed by atoms with Gasteiger partial charge in [-0.05, 0) is 45.0 Å². The van der Waals surface area contributed by atoms with Gasteiger partial charge in [-0.15, -0.1) is 10.6 Å². The average molecular weight is 511 g/mol. The van der Waals surface area contributed by atoms with Crippen molar-refractivity contribution in [2.24, 2.45) is 0 Å². The van der Waals surface area contributed by atoms with E-state index in [1.807, 2.05) is 0 Å². The second-order valence-electron chi connectivity index (χ2n) is 8.12. The zero-order valence-corrected chi connectivity index (χ0v) is 19.0. The summed E-state index contributed by atoms with van der Waals surface area (Å²) >= 11 is 0. The summed E-state index contributed by atoms with van der Waals surface area (Å²) in [6.45, 7) is 4.35. The number of fused-ring (bicyclic) bond motifs is 1. The molecule has 1 aliphatic heterocycles. The zero-order valence-electron chi connectivity index (χ0n) is 17.4. The van der Waals surface area contributed by atoms with Crippen LogP contribution in [0, 0.1) is 17.1 Å². The lowest BCUT2D eigenvalue weighted by molar-refractivity contribution is 0.0502. The van der Waals surface area contributed by atoms with Crippen molar-refractivity contribution < 1.29 is 40.0 Å². The monoisotopic (exact) mass is 510 g/mol. The summed E-state index contributed by atoms with van der Waals surface area (Å²) in [5.41, 5.74) is -2.14. The summed E-state index contributed by atoms with van der Waals surface area (Å²) in [5.74, 6) is -1.92. The van der Waals surface area contributed by atoms with Crippen LogP contribution in [0.4, 0.5) is 22.0 Å². The molecular weight excluding hydrogens is 491 g/mol. The van der Waals surface area contributed by atoms with Gasteiger partial charge >= 0.3 is 5.25 Å². The first-order valence-corrected chi connectivity index (χ1v) is 12.0. The zero-order chi connectivity index (χ0) is 24.9. The Balaban J connectivity index is 2.21. The first kappa shape index (κ1) is 25.4. The number of halogens is 5. The Morgan fingerprint density at radius 2 is 1.88 bits per heavy atom. The molecule has 0 spiro atoms. The van der Waals surface area contributed by atoms with E-state index in [-0.39, 0.29) is 11.3 Å². The minimum absolute atomic E-state index is 0.175. The number of alkyl halides is 4. The minimum Gasteiger partial charge on any atom is -0.457 e. The van der Waals surface area contributed by atoms with Crippen LogP contribution in [0.25, 0.3) is 0 Å². The quantitative estimate of drug-likeness (QED) is 0.414. The van der Waals surface area contributed by atoms with E-state index in [0.29, 0.717) is 0 Å². The van der Waals surface area contributed by atoms with Crippen LogP contribution >= 0.6 is 10.6 Å². The van der Waals surface area contributed by atoms with Crippen molar-refractivity contribution in [3.05, 3.63) is 52.8 Å². The number of nitriles is 1. The van der Waals surface area contributed by atoms with Crippen LogP contribution in [0.5, 0.6) is 11.5 Å². The van der Waals surface area contributed by atoms with Gasteiger partial charge in [0.05, 0.1) is 37.8 Å². The normalized spacial score (nSPS) is 20.7. The summed E-state index contributed by atoms with van der Waals surface area (Å²) in [7, 11) is -7.11. The van der Waals surface area contributed by atoms with Crippen LogP contribution in [0.2, 0.25) is 0 Å². The van der Waals surface area contributed by atoms with Crippen LogP contribution in [0.1, 0.15) is 49.9 Å². The molecule has 1 unspecified atom stereocenters. The summed E-state index contributed by atoms with van der Waals surface area (Å²) in [6.07, 6.45) is -3.43. The smallest absolute Gasteiger partial charge is 0.361 e. The molecule has 13 heteroatoms. The maximum atomic E-state index is 15.1. The highest BCUT2D eigenvalue weighted by molar-refractivity contribution is 8.25. The predicted octanol–water partition coefficient (Wildman–Crippen LogP) is 6.24. The standard InChI is InChI=1S/C20H19F5N2O4S2/c1-19(2,3)32(28)27-17-16-14(33(29,30)20(17,24)25)5-4-13(15(16)18(22)23)31-12-7-10(9-26)6-11(21)8-12/h4-8,17-18,27,29-30H,1-3H3/t17-,32?/m0/s1. The van der Waals surface area contributed by atoms with Crippen molar-refractivity contribution in [2.75, 3.05) is 0 Å². The fraction of sp³-hybridized carbons (Fsp3) is 0.350. The van der Waals surface area contributed by atoms with Gasteiger partial charge in [0, 0.05) is 11.6 Å². The first-order valence-electron chi connectivity index (χ1n) is 9.28. The molecule has 2 aromatic carbocycles. The fourth-order valence-electron chi connectivity index (χ4n) is 3.16. The summed E-state index contributed by atoms with van der Waals surface area (Å²) < 4.78 is 111. The van der Waals surface area contributed by atoms with Gasteiger partial charge < -0.3 is 4.74 Å². The van der Waals surface area contributed by atoms with E-state index in [0.717, 1.165) is 30.3 Å². The lowest BCUT2D eigenvalue weighted by Crippen LogP contribution is -2.42. The second-order valence-corrected chi connectivity index (χ2v) is 12.2. The number of nitrogens with one attached hydrogen (secondary N) is 1. The number of nitrogens with zero attached hydrogens (tertiary/aromatic N) is 1. The van der Waals surface area contributed by atoms with Gasteiger partial charge in [0.25, 0.3) is 6.43 Å². The van der Waals surface area contributed by atoms with Gasteiger partial charge in [-0.2, -0.15) is 14.0 Å². The van der Waals surface area contributed by atoms with Crippen LogP contribution in [0.15, 0.2) is 35.2 Å². The van der Waals surface area contributed by atoms with Crippen LogP contribution in [-0.2, 0) is 11.0 Å². The number of hydrogen-bond acceptors (Lipinski definition) is 5. The minimum atomic E-state index is -4.91. The molecule has 0 saturated heterocycles. The molecule has 180 valence electrons. The van der Waals surface area contributed by atoms with E-state index < -0.39 is 71.6 Å². The molecule has 0 bridgehead atoms. The van der Waals surface area contributed by atoms with Crippen molar-refractivity contribution in [1.29, 1.82) is 5.26 Å². The summed E-state index contributed by atoms with van der Waals surface area (Å²) in [5, 5.41) is 4.59. The van der Waals surface area contributed by atoms with E-state index in [2.05, 4.69) is 4.72 Å². The highest BCUT2D eigenvalue weighted by Crippen LogP contribution is 2.73. The molecule has 3 rings (SSSR count). The van der Waals surface area contributed by atoms with E-state index in [9.17, 15) is 26.5 Å². The number of hydrogen-bond donors (Lipinski definition) is 3. The van der Waals surface area contributed by atoms with Crippen molar-refractivity contribution >= 4 is 21.6 Å². The van der Waals surface area contributed by atoms with Crippen LogP contribution in [-0.4, -0.2) is 23.3 Å². The molecule has 33 heavy (non-hydrogen) atoms. The molecule has 3 N–H and O–H groups in total. The molecule has 1 heterocycles. The van der Waals surface area contributed by atoms with Crippen LogP contribution in [0.3, 0.4) is 0 Å². The van der Waals surface area contributed by atoms with E-state index in [1.165, 1.54) is 20.8 Å². The third kappa shape index (κ3) is 4.45. The third-order valence-electron chi connectivity index (χ3n) is 4.75. The maximum Gasteiger partial charge on any atom is 0.361 e. The van der Waals surface area contributed by atoms with Crippen molar-refractivity contribution in [2.45, 2.75) is 48.1 Å². The van der Waals surface area contributed by atoms with Gasteiger partial charge in [0.1, 0.15) is 23.4 Å². The fourth-order valence-corrected chi connectivity index (χ4v) is 5.66. The van der Waals surface area contributed by atoms with Gasteiger partial charge in [-0.25, -0.2) is 22.1 Å². The lowest BCUT2D eigenvalue weighted by Gasteiger charge is -2.36. The van der Waals surface area contributed by atoms with E-state index >= 15 is 8.78 Å². The Kier molecular flexibility index (Phi) is 6.55. The Hall–Kier alpha value is -2.24. The van der Waals surface area contributed by atoms with Crippen molar-refractivity contribution in [3.63, 3.8) is 0 Å². The number of benzene rings is 2. The van der Waals surface area contributed by atoms with Crippen molar-refractivity contribution in [1.82, 2.24) is 4.72 Å². The van der Waals surface area contributed by atoms with E-state index in [4.69, 9.17) is 10.00 Å². The summed E-state index contributed by atoms with van der Waals surface area (Å²) in [6, 6.07) is 3.58. The predicted molar refractivity (Wildman–Crippen MR) is 112 cm³/mol. The molecule has 0 aromatic heterocycles. The van der Waals surface area contributed by atoms with Gasteiger partial charge in [0.2, 0.25) is 0 Å². The summed E-state index contributed by atoms with van der Waals surface area (Å²) in [4.78, 5) is -0.837. The Morgan fingerprint density at radius 3 is 2.42 bits per heavy atom. The van der Waals surface area contributed by atoms with Crippen LogP contribution < -0.4 is 9.46 Å². The molecule has 2 atom stereocenters. The second kappa shape index (κ2) is 8.52. The topological polar surface area (TPSA) is 103 Å². The molecule has 0 fully saturated rings. The first-order chi connectivity index (χ1) is 15.1. The molecule has 6 nitrogen and oxygen atoms in total. The molecule has 2 aromatic rings. The highest BCUT2D eigenvalue weighted by atomic mass is 32.3. The lowest BCUT2D eigenvalue weighted by atomic mass is 10.00. The third-order valence-corrected chi connectivity index (χ3v) is 8.27.